The van der Waals surface area contributed by atoms with Gasteiger partial charge in [-0.1, -0.05) is 84.9 Å². The van der Waals surface area contributed by atoms with Crippen LogP contribution in [0.4, 0.5) is 14.6 Å². The highest BCUT2D eigenvalue weighted by Crippen LogP contribution is 2.60. The Morgan fingerprint density at radius 3 is 2.21 bits per heavy atom. The summed E-state index contributed by atoms with van der Waals surface area (Å²) in [7, 11) is 0. The van der Waals surface area contributed by atoms with E-state index in [-0.39, 0.29) is 11.4 Å². The summed E-state index contributed by atoms with van der Waals surface area (Å²) in [6.45, 7) is 0.998. The van der Waals surface area contributed by atoms with Gasteiger partial charge in [-0.3, -0.25) is 4.57 Å². The number of nitrogens with two attached hydrogens (primary N) is 1. The molecule has 6 rings (SSSR count). The van der Waals surface area contributed by atoms with Crippen LogP contribution in [0, 0.1) is 0 Å². The lowest BCUT2D eigenvalue weighted by Gasteiger charge is -2.38. The Hall–Kier alpha value is -4.18. The maximum atomic E-state index is 17.0. The number of aromatic nitrogens is 2. The van der Waals surface area contributed by atoms with Crippen LogP contribution in [-0.4, -0.2) is 31.8 Å². The first-order chi connectivity index (χ1) is 18.6. The van der Waals surface area contributed by atoms with Gasteiger partial charge in [0.1, 0.15) is 18.0 Å². The Balaban J connectivity index is 1.64. The number of hydrogen-bond acceptors (Lipinski definition) is 6. The van der Waals surface area contributed by atoms with Crippen molar-refractivity contribution in [3.05, 3.63) is 119 Å². The van der Waals surface area contributed by atoms with E-state index in [1.807, 2.05) is 18.2 Å². The van der Waals surface area contributed by atoms with Crippen LogP contribution in [-0.2, 0) is 16.1 Å². The van der Waals surface area contributed by atoms with Gasteiger partial charge in [0, 0.05) is 11.8 Å². The maximum Gasteiger partial charge on any atom is 0.352 e. The van der Waals surface area contributed by atoms with E-state index in [1.165, 1.54) is 12.1 Å². The molecule has 0 radical (unpaired) electrons. The summed E-state index contributed by atoms with van der Waals surface area (Å²) < 4.78 is 40.5. The molecule has 4 atom stereocenters. The van der Waals surface area contributed by atoms with Crippen molar-refractivity contribution in [1.29, 1.82) is 0 Å². The van der Waals surface area contributed by atoms with E-state index in [0.717, 1.165) is 18.5 Å². The monoisotopic (exact) mass is 529 g/mol. The number of benzene rings is 4. The molecule has 1 aliphatic rings. The quantitative estimate of drug-likeness (QED) is 0.317. The zero-order valence-corrected chi connectivity index (χ0v) is 20.8. The van der Waals surface area contributed by atoms with E-state index >= 15 is 8.78 Å². The molecule has 0 amide bonds. The number of aliphatic hydroxyl groups is 2. The number of alkyl halides is 2. The van der Waals surface area contributed by atoms with Gasteiger partial charge in [-0.05, 0) is 40.1 Å². The molecule has 1 aromatic heterocycles. The second-order valence-corrected chi connectivity index (χ2v) is 9.91. The topological polar surface area (TPSA) is 111 Å². The van der Waals surface area contributed by atoms with Crippen LogP contribution in [0.25, 0.3) is 21.5 Å². The normalized spacial score (nSPS) is 25.2. The number of aliphatic hydroxyl groups excluding tert-OH is 1. The van der Waals surface area contributed by atoms with Gasteiger partial charge in [-0.15, -0.1) is 0 Å². The molecule has 7 nitrogen and oxygen atoms in total. The minimum absolute atomic E-state index is 0.143. The Kier molecular flexibility index (Phi) is 5.58. The predicted molar refractivity (Wildman–Crippen MR) is 143 cm³/mol. The molecule has 39 heavy (non-hydrogen) atoms. The third kappa shape index (κ3) is 3.44. The molecular weight excluding hydrogens is 504 g/mol. The fourth-order valence-corrected chi connectivity index (χ4v) is 5.73. The zero-order chi connectivity index (χ0) is 27.6. The fourth-order valence-electron chi connectivity index (χ4n) is 5.73. The van der Waals surface area contributed by atoms with E-state index < -0.39 is 35.1 Å². The van der Waals surface area contributed by atoms with E-state index in [2.05, 4.69) is 4.98 Å². The molecule has 9 heteroatoms. The summed E-state index contributed by atoms with van der Waals surface area (Å²) in [5.41, 5.74) is -1.16. The zero-order valence-electron chi connectivity index (χ0n) is 20.8. The van der Waals surface area contributed by atoms with Gasteiger partial charge < -0.3 is 20.7 Å². The van der Waals surface area contributed by atoms with Crippen molar-refractivity contribution < 1.29 is 23.7 Å². The summed E-state index contributed by atoms with van der Waals surface area (Å²) >= 11 is 0. The third-order valence-corrected chi connectivity index (χ3v) is 7.74. The minimum Gasteiger partial charge on any atom is -0.386 e. The molecule has 4 N–H and O–H groups in total. The number of nitrogen functional groups attached to an aromatic ring is 1. The average molecular weight is 530 g/mol. The van der Waals surface area contributed by atoms with Gasteiger partial charge in [0.2, 0.25) is 5.72 Å². The molecule has 4 aromatic carbocycles. The SMILES string of the molecule is C[C@@]1(n2ccc(N)nc2=O)O[C@H](C(O)c2cccc3ccccc23)[C@](O)(c2cccc3ccccc23)C1(F)F. The highest BCUT2D eigenvalue weighted by molar-refractivity contribution is 5.88. The van der Waals surface area contributed by atoms with Gasteiger partial charge in [0.15, 0.2) is 5.60 Å². The third-order valence-electron chi connectivity index (χ3n) is 7.74. The Bertz CT molecular complexity index is 1780. The van der Waals surface area contributed by atoms with Crippen LogP contribution in [0.2, 0.25) is 0 Å². The number of hydrogen-bond donors (Lipinski definition) is 3. The van der Waals surface area contributed by atoms with E-state index in [9.17, 15) is 15.0 Å². The molecule has 5 aromatic rings. The van der Waals surface area contributed by atoms with Crippen molar-refractivity contribution in [3.63, 3.8) is 0 Å². The second-order valence-electron chi connectivity index (χ2n) is 9.91. The summed E-state index contributed by atoms with van der Waals surface area (Å²) in [6.07, 6.45) is -2.57. The number of fused-ring (bicyclic) bond motifs is 2. The van der Waals surface area contributed by atoms with Crippen molar-refractivity contribution in [1.82, 2.24) is 9.55 Å². The maximum absolute atomic E-state index is 17.0. The molecule has 198 valence electrons. The first-order valence-electron chi connectivity index (χ1n) is 12.4. The van der Waals surface area contributed by atoms with Crippen LogP contribution in [0.5, 0.6) is 0 Å². The van der Waals surface area contributed by atoms with Crippen LogP contribution in [0.3, 0.4) is 0 Å². The predicted octanol–water partition coefficient (Wildman–Crippen LogP) is 4.46. The molecule has 1 unspecified atom stereocenters. The smallest absolute Gasteiger partial charge is 0.352 e. The number of rotatable bonds is 4. The van der Waals surface area contributed by atoms with Gasteiger partial charge in [0.05, 0.1) is 0 Å². The van der Waals surface area contributed by atoms with E-state index in [4.69, 9.17) is 10.5 Å². The van der Waals surface area contributed by atoms with Crippen molar-refractivity contribution in [2.24, 2.45) is 0 Å². The summed E-state index contributed by atoms with van der Waals surface area (Å²) in [5.74, 6) is -4.31. The lowest BCUT2D eigenvalue weighted by molar-refractivity contribution is -0.234. The molecule has 1 fully saturated rings. The van der Waals surface area contributed by atoms with Crippen molar-refractivity contribution in [3.8, 4) is 0 Å². The molecule has 0 bridgehead atoms. The second kappa shape index (κ2) is 8.67. The molecule has 1 aliphatic heterocycles. The highest BCUT2D eigenvalue weighted by atomic mass is 19.3. The van der Waals surface area contributed by atoms with Crippen LogP contribution in [0.1, 0.15) is 24.2 Å². The molecule has 0 aliphatic carbocycles. The Morgan fingerprint density at radius 2 is 1.51 bits per heavy atom. The van der Waals surface area contributed by atoms with Gasteiger partial charge in [-0.25, -0.2) is 4.79 Å². The minimum atomic E-state index is -4.15. The van der Waals surface area contributed by atoms with Crippen molar-refractivity contribution >= 4 is 27.4 Å². The van der Waals surface area contributed by atoms with Crippen LogP contribution in [0.15, 0.2) is 102 Å². The summed E-state index contributed by atoms with van der Waals surface area (Å²) in [6, 6.07) is 25.0. The molecule has 0 spiro atoms. The average Bonchev–Trinajstić information content (AvgIpc) is 3.10. The van der Waals surface area contributed by atoms with Crippen molar-refractivity contribution in [2.45, 2.75) is 36.4 Å². The van der Waals surface area contributed by atoms with E-state index in [0.29, 0.717) is 26.3 Å². The lowest BCUT2D eigenvalue weighted by Crippen LogP contribution is -2.58. The summed E-state index contributed by atoms with van der Waals surface area (Å²) in [5, 5.41) is 26.4. The first-order valence-corrected chi connectivity index (χ1v) is 12.4. The van der Waals surface area contributed by atoms with Gasteiger partial charge >= 0.3 is 11.6 Å². The van der Waals surface area contributed by atoms with Gasteiger partial charge in [-0.2, -0.15) is 13.8 Å². The van der Waals surface area contributed by atoms with E-state index in [1.54, 1.807) is 60.7 Å². The lowest BCUT2D eigenvalue weighted by atomic mass is 9.76. The van der Waals surface area contributed by atoms with Gasteiger partial charge in [0.25, 0.3) is 0 Å². The molecule has 0 saturated carbocycles. The van der Waals surface area contributed by atoms with Crippen molar-refractivity contribution in [2.75, 3.05) is 5.73 Å². The fraction of sp³-hybridized carbons (Fsp3) is 0.200. The number of anilines is 1. The summed E-state index contributed by atoms with van der Waals surface area (Å²) in [4.78, 5) is 16.4. The standard InChI is InChI=1S/C30H25F2N3O4/c1-28(35-17-16-24(33)34-27(35)37)30(31,32)29(38,23-15-7-11-19-9-3-5-13-21(19)23)26(39-28)25(36)22-14-6-10-18-8-2-4-12-20(18)22/h2-17,25-26,36,38H,1H3,(H2,33,34,37)/t25?,26-,28-,29-/m1/s1. The Labute approximate surface area is 221 Å². The Morgan fingerprint density at radius 1 is 0.923 bits per heavy atom. The van der Waals surface area contributed by atoms with Crippen LogP contribution >= 0.6 is 0 Å². The number of ether oxygens (including phenoxy) is 1. The number of halogens is 2. The first kappa shape index (κ1) is 25.1. The largest absolute Gasteiger partial charge is 0.386 e. The van der Waals surface area contributed by atoms with Crippen LogP contribution < -0.4 is 11.4 Å². The molecular formula is C30H25F2N3O4. The number of nitrogens with zero attached hydrogens (tertiary/aromatic N) is 2. The molecule has 2 heterocycles. The highest BCUT2D eigenvalue weighted by Gasteiger charge is 2.78. The molecule has 1 saturated heterocycles.